The second-order valence-corrected chi connectivity index (χ2v) is 12.4. The van der Waals surface area contributed by atoms with Crippen LogP contribution < -0.4 is 5.32 Å². The van der Waals surface area contributed by atoms with E-state index < -0.39 is 11.6 Å². The van der Waals surface area contributed by atoms with E-state index in [1.807, 2.05) is 4.90 Å². The van der Waals surface area contributed by atoms with Gasteiger partial charge >= 0.3 is 0 Å². The first-order chi connectivity index (χ1) is 19.6. The SMILES string of the molecule is CCCCCCCCCCCCCCCCCCCC1=C(OC)C(=O)C2=C(C1=O)N1C[C@@H]3N[C@@H]3[C@]1(OC)[C@@H]2CO. The highest BCUT2D eigenvalue weighted by Gasteiger charge is 2.72. The summed E-state index contributed by atoms with van der Waals surface area (Å²) in [5, 5.41) is 13.7. The highest BCUT2D eigenvalue weighted by atomic mass is 16.5. The standard InChI is InChI=1S/C33H54N2O5/c1-4-5-6-7-8-9-10-11-12-13-14-15-16-17-18-19-20-21-24-29(37)28-27(30(38)31(24)39-2)25(23-36)33(40-3)32-26(34-32)22-35(28)33/h25-26,32,34,36H,4-23H2,1-3H3/t25-,26+,32+,33-/m1/s1. The average molecular weight is 559 g/mol. The number of carbonyl (C=O) groups is 2. The van der Waals surface area contributed by atoms with Gasteiger partial charge in [0.25, 0.3) is 0 Å². The van der Waals surface area contributed by atoms with Crippen molar-refractivity contribution >= 4 is 11.6 Å². The number of unbranched alkanes of at least 4 members (excludes halogenated alkanes) is 16. The molecule has 0 spiro atoms. The van der Waals surface area contributed by atoms with Gasteiger partial charge in [-0.3, -0.25) is 9.59 Å². The molecule has 1 aliphatic carbocycles. The van der Waals surface area contributed by atoms with Crippen LogP contribution in [0.2, 0.25) is 0 Å². The monoisotopic (exact) mass is 558 g/mol. The Labute approximate surface area is 242 Å². The van der Waals surface area contributed by atoms with Gasteiger partial charge in [-0.1, -0.05) is 110 Å². The largest absolute Gasteiger partial charge is 0.492 e. The maximum atomic E-state index is 13.8. The third-order valence-electron chi connectivity index (χ3n) is 9.76. The van der Waals surface area contributed by atoms with E-state index in [1.54, 1.807) is 7.11 Å². The summed E-state index contributed by atoms with van der Waals surface area (Å²) in [5.41, 5.74) is 0.411. The normalized spacial score (nSPS) is 27.0. The van der Waals surface area contributed by atoms with Gasteiger partial charge in [-0.25, -0.2) is 0 Å². The van der Waals surface area contributed by atoms with Crippen molar-refractivity contribution in [2.75, 3.05) is 27.4 Å². The van der Waals surface area contributed by atoms with Crippen LogP contribution in [0, 0.1) is 5.92 Å². The molecular formula is C33H54N2O5. The lowest BCUT2D eigenvalue weighted by molar-refractivity contribution is -0.137. The summed E-state index contributed by atoms with van der Waals surface area (Å²) in [7, 11) is 3.07. The van der Waals surface area contributed by atoms with Crippen molar-refractivity contribution < 1.29 is 24.2 Å². The zero-order chi connectivity index (χ0) is 28.5. The molecule has 7 heteroatoms. The third kappa shape index (κ3) is 6.37. The maximum Gasteiger partial charge on any atom is 0.226 e. The van der Waals surface area contributed by atoms with Crippen LogP contribution in [0.5, 0.6) is 0 Å². The van der Waals surface area contributed by atoms with Gasteiger partial charge in [0.2, 0.25) is 11.6 Å². The number of hydrogen-bond donors (Lipinski definition) is 2. The zero-order valence-corrected chi connectivity index (χ0v) is 25.4. The molecule has 0 saturated carbocycles. The van der Waals surface area contributed by atoms with Crippen molar-refractivity contribution in [3.05, 3.63) is 22.6 Å². The summed E-state index contributed by atoms with van der Waals surface area (Å²) in [6.07, 6.45) is 22.8. The van der Waals surface area contributed by atoms with Gasteiger partial charge < -0.3 is 24.8 Å². The van der Waals surface area contributed by atoms with E-state index in [0.717, 1.165) is 19.3 Å². The number of fused-ring (bicyclic) bond motifs is 4. The van der Waals surface area contributed by atoms with Crippen LogP contribution in [0.15, 0.2) is 22.6 Å². The van der Waals surface area contributed by atoms with Crippen molar-refractivity contribution in [1.29, 1.82) is 0 Å². The van der Waals surface area contributed by atoms with E-state index in [2.05, 4.69) is 12.2 Å². The summed E-state index contributed by atoms with van der Waals surface area (Å²) in [5.74, 6) is -0.796. The van der Waals surface area contributed by atoms with Crippen molar-refractivity contribution in [2.24, 2.45) is 5.92 Å². The molecule has 0 radical (unpaired) electrons. The zero-order valence-electron chi connectivity index (χ0n) is 25.4. The summed E-state index contributed by atoms with van der Waals surface area (Å²) < 4.78 is 11.5. The van der Waals surface area contributed by atoms with Crippen LogP contribution in [0.3, 0.4) is 0 Å². The minimum atomic E-state index is -0.877. The number of hydrogen-bond acceptors (Lipinski definition) is 7. The van der Waals surface area contributed by atoms with Gasteiger partial charge in [0.05, 0.1) is 31.4 Å². The smallest absolute Gasteiger partial charge is 0.226 e. The molecule has 0 aromatic rings. The van der Waals surface area contributed by atoms with Gasteiger partial charge in [-0.2, -0.15) is 0 Å². The lowest BCUT2D eigenvalue weighted by Gasteiger charge is -2.39. The van der Waals surface area contributed by atoms with Gasteiger partial charge in [0.1, 0.15) is 0 Å². The molecule has 0 amide bonds. The Hall–Kier alpha value is -1.70. The van der Waals surface area contributed by atoms with Crippen LogP contribution in [-0.4, -0.2) is 66.8 Å². The number of allylic oxidation sites excluding steroid dienone is 2. The van der Waals surface area contributed by atoms with Crippen molar-refractivity contribution in [2.45, 2.75) is 140 Å². The number of ketones is 2. The summed E-state index contributed by atoms with van der Waals surface area (Å²) in [6.45, 7) is 2.64. The van der Waals surface area contributed by atoms with Crippen molar-refractivity contribution in [1.82, 2.24) is 10.2 Å². The topological polar surface area (TPSA) is 98.0 Å². The molecule has 3 aliphatic heterocycles. The molecule has 2 N–H and O–H groups in total. The van der Waals surface area contributed by atoms with Crippen molar-refractivity contribution in [3.63, 3.8) is 0 Å². The Kier molecular flexibility index (Phi) is 11.7. The van der Waals surface area contributed by atoms with Gasteiger partial charge in [-0.15, -0.1) is 0 Å². The van der Waals surface area contributed by atoms with Crippen LogP contribution >= 0.6 is 0 Å². The first-order valence-corrected chi connectivity index (χ1v) is 16.4. The number of rotatable bonds is 21. The molecule has 0 unspecified atom stereocenters. The van der Waals surface area contributed by atoms with E-state index in [4.69, 9.17) is 9.47 Å². The van der Waals surface area contributed by atoms with Crippen LogP contribution in [0.25, 0.3) is 0 Å². The number of Topliss-reactive ketones (excluding diaryl/α,β-unsaturated/α-hetero) is 2. The van der Waals surface area contributed by atoms with Crippen LogP contribution in [0.4, 0.5) is 0 Å². The number of methoxy groups -OCH3 is 2. The molecular weight excluding hydrogens is 504 g/mol. The lowest BCUT2D eigenvalue weighted by Crippen LogP contribution is -2.54. The summed E-state index contributed by atoms with van der Waals surface area (Å²) in [4.78, 5) is 29.3. The number of ether oxygens (including phenoxy) is 2. The number of nitrogens with one attached hydrogen (secondary N) is 1. The first kappa shape index (κ1) is 31.2. The molecule has 0 aromatic carbocycles. The van der Waals surface area contributed by atoms with E-state index in [-0.39, 0.29) is 36.0 Å². The molecule has 226 valence electrons. The lowest BCUT2D eigenvalue weighted by atomic mass is 9.82. The minimum Gasteiger partial charge on any atom is -0.492 e. The second-order valence-electron chi connectivity index (χ2n) is 12.4. The summed E-state index contributed by atoms with van der Waals surface area (Å²) >= 11 is 0. The highest BCUT2D eigenvalue weighted by Crippen LogP contribution is 2.55. The quantitative estimate of drug-likeness (QED) is 0.102. The highest BCUT2D eigenvalue weighted by molar-refractivity contribution is 6.25. The number of nitrogens with zero attached hydrogens (tertiary/aromatic N) is 1. The second kappa shape index (κ2) is 15.0. The fourth-order valence-electron chi connectivity index (χ4n) is 7.52. The third-order valence-corrected chi connectivity index (χ3v) is 9.76. The molecule has 4 aliphatic rings. The fraction of sp³-hybridized carbons (Fsp3) is 0.818. The molecule has 0 bridgehead atoms. The van der Waals surface area contributed by atoms with Crippen LogP contribution in [0.1, 0.15) is 122 Å². The average Bonchev–Trinajstić information content (AvgIpc) is 3.57. The molecule has 3 heterocycles. The first-order valence-electron chi connectivity index (χ1n) is 16.4. The molecule has 2 saturated heterocycles. The van der Waals surface area contributed by atoms with E-state index in [1.165, 1.54) is 97.0 Å². The number of carbonyl (C=O) groups excluding carboxylic acids is 2. The van der Waals surface area contributed by atoms with E-state index in [0.29, 0.717) is 29.8 Å². The number of piperazine rings is 1. The minimum absolute atomic E-state index is 0.0143. The fourth-order valence-corrected chi connectivity index (χ4v) is 7.52. The summed E-state index contributed by atoms with van der Waals surface area (Å²) in [6, 6.07) is 0.243. The van der Waals surface area contributed by atoms with Crippen molar-refractivity contribution in [3.8, 4) is 0 Å². The molecule has 2 fully saturated rings. The molecule has 4 rings (SSSR count). The van der Waals surface area contributed by atoms with Gasteiger partial charge in [0, 0.05) is 30.8 Å². The number of aliphatic hydroxyl groups excluding tert-OH is 1. The van der Waals surface area contributed by atoms with Crippen LogP contribution in [-0.2, 0) is 19.1 Å². The molecule has 7 nitrogen and oxygen atoms in total. The van der Waals surface area contributed by atoms with Gasteiger partial charge in [0.15, 0.2) is 11.5 Å². The Morgan fingerprint density at radius 3 is 1.82 bits per heavy atom. The molecule has 0 aromatic heterocycles. The van der Waals surface area contributed by atoms with E-state index >= 15 is 0 Å². The molecule has 4 atom stereocenters. The predicted octanol–water partition coefficient (Wildman–Crippen LogP) is 5.96. The Balaban J connectivity index is 1.13. The van der Waals surface area contributed by atoms with Gasteiger partial charge in [-0.05, 0) is 12.8 Å². The van der Waals surface area contributed by atoms with E-state index in [9.17, 15) is 14.7 Å². The Bertz CT molecular complexity index is 943. The molecule has 40 heavy (non-hydrogen) atoms. The predicted molar refractivity (Wildman–Crippen MR) is 158 cm³/mol. The maximum absolute atomic E-state index is 13.8. The Morgan fingerprint density at radius 1 is 0.825 bits per heavy atom. The number of aliphatic hydroxyl groups is 1. The Morgan fingerprint density at radius 2 is 1.35 bits per heavy atom.